The number of hydrogen-bond donors (Lipinski definition) is 1. The summed E-state index contributed by atoms with van der Waals surface area (Å²) in [5.41, 5.74) is 3.04. The summed E-state index contributed by atoms with van der Waals surface area (Å²) in [6.45, 7) is 3.72. The molecule has 0 bridgehead atoms. The van der Waals surface area contributed by atoms with Crippen LogP contribution in [0, 0.1) is 6.92 Å². The van der Waals surface area contributed by atoms with Gasteiger partial charge in [0.25, 0.3) is 15.9 Å². The van der Waals surface area contributed by atoms with Gasteiger partial charge in [0.05, 0.1) is 4.90 Å². The summed E-state index contributed by atoms with van der Waals surface area (Å²) in [6.07, 6.45) is 0. The molecule has 0 aliphatic carbocycles. The highest BCUT2D eigenvalue weighted by molar-refractivity contribution is 7.92. The van der Waals surface area contributed by atoms with Crippen LogP contribution in [0.15, 0.2) is 83.8 Å². The van der Waals surface area contributed by atoms with E-state index in [1.807, 2.05) is 68.4 Å². The molecule has 0 unspecified atom stereocenters. The number of carbonyl (C=O) groups excluding carboxylic acids is 1. The number of likely N-dealkylation sites (N-methyl/N-ethyl adjacent to an activating group) is 1. The molecule has 0 radical (unpaired) electrons. The Kier molecular flexibility index (Phi) is 7.66. The lowest BCUT2D eigenvalue weighted by atomic mass is 10.1. The number of benzene rings is 3. The van der Waals surface area contributed by atoms with E-state index in [9.17, 15) is 13.2 Å². The smallest absolute Gasteiger partial charge is 0.261 e. The first-order chi connectivity index (χ1) is 15.2. The minimum absolute atomic E-state index is 0.109. The minimum Gasteiger partial charge on any atom is -0.333 e. The zero-order chi connectivity index (χ0) is 23.1. The van der Waals surface area contributed by atoms with Gasteiger partial charge in [0.2, 0.25) is 0 Å². The molecule has 0 atom stereocenters. The monoisotopic (exact) mass is 451 g/mol. The second-order valence-corrected chi connectivity index (χ2v) is 9.69. The van der Waals surface area contributed by atoms with E-state index in [0.29, 0.717) is 24.3 Å². The van der Waals surface area contributed by atoms with Crippen molar-refractivity contribution < 1.29 is 13.2 Å². The van der Waals surface area contributed by atoms with Crippen LogP contribution in [0.25, 0.3) is 0 Å². The van der Waals surface area contributed by atoms with Crippen molar-refractivity contribution in [1.29, 1.82) is 0 Å². The fourth-order valence-electron chi connectivity index (χ4n) is 3.17. The normalized spacial score (nSPS) is 11.4. The Labute approximate surface area is 190 Å². The fourth-order valence-corrected chi connectivity index (χ4v) is 4.23. The number of amides is 1. The molecule has 0 spiro atoms. The number of nitrogens with zero attached hydrogens (tertiary/aromatic N) is 2. The van der Waals surface area contributed by atoms with Crippen LogP contribution in [0.4, 0.5) is 5.69 Å². The molecule has 0 aliphatic heterocycles. The Bertz CT molecular complexity index is 1130. The number of anilines is 1. The van der Waals surface area contributed by atoms with Crippen molar-refractivity contribution >= 4 is 21.6 Å². The Morgan fingerprint density at radius 1 is 0.844 bits per heavy atom. The van der Waals surface area contributed by atoms with Crippen molar-refractivity contribution in [1.82, 2.24) is 9.80 Å². The van der Waals surface area contributed by atoms with Gasteiger partial charge in [-0.15, -0.1) is 0 Å². The SMILES string of the molecule is Cc1ccc(NS(=O)(=O)c2ccc(C(=O)N(CCN(C)C)Cc3ccccc3)cc2)cc1. The van der Waals surface area contributed by atoms with Gasteiger partial charge in [0, 0.05) is 30.9 Å². The van der Waals surface area contributed by atoms with E-state index in [4.69, 9.17) is 0 Å². The highest BCUT2D eigenvalue weighted by Gasteiger charge is 2.19. The van der Waals surface area contributed by atoms with E-state index in [-0.39, 0.29) is 10.8 Å². The number of hydrogen-bond acceptors (Lipinski definition) is 4. The maximum atomic E-state index is 13.2. The summed E-state index contributed by atoms with van der Waals surface area (Å²) in [5, 5.41) is 0. The molecule has 0 saturated carbocycles. The second kappa shape index (κ2) is 10.4. The van der Waals surface area contributed by atoms with Crippen molar-refractivity contribution in [2.45, 2.75) is 18.4 Å². The van der Waals surface area contributed by atoms with Crippen LogP contribution >= 0.6 is 0 Å². The molecule has 0 aromatic heterocycles. The summed E-state index contributed by atoms with van der Waals surface area (Å²) < 4.78 is 28.0. The summed E-state index contributed by atoms with van der Waals surface area (Å²) in [5.74, 6) is -0.133. The van der Waals surface area contributed by atoms with E-state index >= 15 is 0 Å². The van der Waals surface area contributed by atoms with Gasteiger partial charge in [-0.05, 0) is 63.0 Å². The van der Waals surface area contributed by atoms with Gasteiger partial charge in [-0.3, -0.25) is 9.52 Å². The molecular weight excluding hydrogens is 422 g/mol. The van der Waals surface area contributed by atoms with Crippen molar-refractivity contribution in [3.8, 4) is 0 Å². The molecule has 3 rings (SSSR count). The molecular formula is C25H29N3O3S. The third kappa shape index (κ3) is 6.42. The minimum atomic E-state index is -3.74. The average molecular weight is 452 g/mol. The van der Waals surface area contributed by atoms with Crippen LogP contribution in [0.2, 0.25) is 0 Å². The maximum Gasteiger partial charge on any atom is 0.261 e. The van der Waals surface area contributed by atoms with Crippen LogP contribution in [0.1, 0.15) is 21.5 Å². The number of rotatable bonds is 9. The van der Waals surface area contributed by atoms with E-state index in [2.05, 4.69) is 4.72 Å². The quantitative estimate of drug-likeness (QED) is 0.534. The Balaban J connectivity index is 1.76. The van der Waals surface area contributed by atoms with Gasteiger partial charge in [0.1, 0.15) is 0 Å². The molecule has 0 saturated heterocycles. The van der Waals surface area contributed by atoms with Crippen molar-refractivity contribution in [3.63, 3.8) is 0 Å². The highest BCUT2D eigenvalue weighted by atomic mass is 32.2. The standard InChI is InChI=1S/C25H29N3O3S/c1-20-9-13-23(14-10-20)26-32(30,31)24-15-11-22(12-16-24)25(29)28(18-17-27(2)3)19-21-7-5-4-6-8-21/h4-16,26H,17-19H2,1-3H3. The summed E-state index contributed by atoms with van der Waals surface area (Å²) in [4.78, 5) is 17.1. The van der Waals surface area contributed by atoms with Gasteiger partial charge < -0.3 is 9.80 Å². The zero-order valence-electron chi connectivity index (χ0n) is 18.7. The molecule has 168 valence electrons. The molecule has 6 nitrogen and oxygen atoms in total. The molecule has 3 aromatic carbocycles. The lowest BCUT2D eigenvalue weighted by molar-refractivity contribution is 0.0732. The Morgan fingerprint density at radius 2 is 1.47 bits per heavy atom. The van der Waals surface area contributed by atoms with Crippen LogP contribution in [-0.2, 0) is 16.6 Å². The predicted molar refractivity (Wildman–Crippen MR) is 128 cm³/mol. The maximum absolute atomic E-state index is 13.2. The van der Waals surface area contributed by atoms with E-state index in [1.54, 1.807) is 29.2 Å². The molecule has 0 heterocycles. The number of nitrogens with one attached hydrogen (secondary N) is 1. The largest absolute Gasteiger partial charge is 0.333 e. The lowest BCUT2D eigenvalue weighted by Gasteiger charge is -2.25. The van der Waals surface area contributed by atoms with Crippen LogP contribution in [0.3, 0.4) is 0 Å². The Hall–Kier alpha value is -3.16. The number of aryl methyl sites for hydroxylation is 1. The topological polar surface area (TPSA) is 69.7 Å². The van der Waals surface area contributed by atoms with Gasteiger partial charge >= 0.3 is 0 Å². The number of sulfonamides is 1. The van der Waals surface area contributed by atoms with Crippen LogP contribution in [0.5, 0.6) is 0 Å². The van der Waals surface area contributed by atoms with Crippen LogP contribution < -0.4 is 4.72 Å². The van der Waals surface area contributed by atoms with E-state index in [0.717, 1.165) is 17.7 Å². The van der Waals surface area contributed by atoms with E-state index in [1.165, 1.54) is 12.1 Å². The van der Waals surface area contributed by atoms with Gasteiger partial charge in [0.15, 0.2) is 0 Å². The highest BCUT2D eigenvalue weighted by Crippen LogP contribution is 2.18. The summed E-state index contributed by atoms with van der Waals surface area (Å²) >= 11 is 0. The summed E-state index contributed by atoms with van der Waals surface area (Å²) in [7, 11) is 0.188. The third-order valence-electron chi connectivity index (χ3n) is 5.04. The molecule has 0 aliphatic rings. The van der Waals surface area contributed by atoms with Crippen molar-refractivity contribution in [2.75, 3.05) is 31.9 Å². The average Bonchev–Trinajstić information content (AvgIpc) is 2.78. The lowest BCUT2D eigenvalue weighted by Crippen LogP contribution is -2.36. The molecule has 1 N–H and O–H groups in total. The molecule has 0 fully saturated rings. The molecule has 1 amide bonds. The molecule has 32 heavy (non-hydrogen) atoms. The van der Waals surface area contributed by atoms with Gasteiger partial charge in [-0.25, -0.2) is 8.42 Å². The molecule has 3 aromatic rings. The third-order valence-corrected chi connectivity index (χ3v) is 6.43. The molecule has 7 heteroatoms. The van der Waals surface area contributed by atoms with Crippen molar-refractivity contribution in [2.24, 2.45) is 0 Å². The first kappa shape index (κ1) is 23.5. The fraction of sp³-hybridized carbons (Fsp3) is 0.240. The summed E-state index contributed by atoms with van der Waals surface area (Å²) in [6, 6.07) is 23.0. The van der Waals surface area contributed by atoms with Gasteiger partial charge in [-0.2, -0.15) is 0 Å². The zero-order valence-corrected chi connectivity index (χ0v) is 19.5. The van der Waals surface area contributed by atoms with Gasteiger partial charge in [-0.1, -0.05) is 48.0 Å². The predicted octanol–water partition coefficient (Wildman–Crippen LogP) is 4.00. The first-order valence-electron chi connectivity index (χ1n) is 10.4. The Morgan fingerprint density at radius 3 is 2.06 bits per heavy atom. The first-order valence-corrected chi connectivity index (χ1v) is 11.9. The number of carbonyl (C=O) groups is 1. The van der Waals surface area contributed by atoms with Crippen LogP contribution in [-0.4, -0.2) is 51.3 Å². The van der Waals surface area contributed by atoms with Crippen molar-refractivity contribution in [3.05, 3.63) is 95.6 Å². The van der Waals surface area contributed by atoms with E-state index < -0.39 is 10.0 Å². The second-order valence-electron chi connectivity index (χ2n) is 8.01.